The van der Waals surface area contributed by atoms with E-state index in [0.29, 0.717) is 11.5 Å². The summed E-state index contributed by atoms with van der Waals surface area (Å²) in [5.74, 6) is -0.835. The average Bonchev–Trinajstić information content (AvgIpc) is 2.38. The van der Waals surface area contributed by atoms with Gasteiger partial charge in [-0.05, 0) is 18.8 Å². The van der Waals surface area contributed by atoms with Crippen molar-refractivity contribution in [1.29, 1.82) is 0 Å². The zero-order chi connectivity index (χ0) is 13.3. The molecule has 0 aliphatic heterocycles. The number of hydrogen-bond acceptors (Lipinski definition) is 3. The Morgan fingerprint density at radius 2 is 1.76 bits per heavy atom. The van der Waals surface area contributed by atoms with Crippen LogP contribution in [0.3, 0.4) is 0 Å². The van der Waals surface area contributed by atoms with Crippen molar-refractivity contribution in [1.82, 2.24) is 0 Å². The van der Waals surface area contributed by atoms with Gasteiger partial charge in [0, 0.05) is 11.6 Å². The minimum absolute atomic E-state index is 0.234. The van der Waals surface area contributed by atoms with Gasteiger partial charge in [-0.2, -0.15) is 0 Å². The molecule has 0 amide bonds. The van der Waals surface area contributed by atoms with Gasteiger partial charge in [-0.3, -0.25) is 0 Å². The summed E-state index contributed by atoms with van der Waals surface area (Å²) in [6, 6.07) is 0. The predicted molar refractivity (Wildman–Crippen MR) is 65.6 cm³/mol. The molecule has 0 unspecified atom stereocenters. The van der Waals surface area contributed by atoms with E-state index in [-0.39, 0.29) is 5.97 Å². The van der Waals surface area contributed by atoms with Crippen LogP contribution in [0.4, 0.5) is 0 Å². The summed E-state index contributed by atoms with van der Waals surface area (Å²) in [5.41, 5.74) is 0.664. The van der Waals surface area contributed by atoms with Crippen LogP contribution in [0.2, 0.25) is 0 Å². The summed E-state index contributed by atoms with van der Waals surface area (Å²) >= 11 is 0. The van der Waals surface area contributed by atoms with Gasteiger partial charge >= 0.3 is 11.9 Å². The van der Waals surface area contributed by atoms with Gasteiger partial charge in [0.05, 0.1) is 7.11 Å². The highest BCUT2D eigenvalue weighted by Crippen LogP contribution is 2.29. The summed E-state index contributed by atoms with van der Waals surface area (Å²) in [6.45, 7) is 6.74. The molecule has 0 aromatic heterocycles. The van der Waals surface area contributed by atoms with E-state index in [4.69, 9.17) is 5.11 Å². The first-order valence-electron chi connectivity index (χ1n) is 5.65. The Morgan fingerprint density at radius 3 is 2.12 bits per heavy atom. The largest absolute Gasteiger partial charge is 0.478 e. The average molecular weight is 240 g/mol. The number of ether oxygens (including phenoxy) is 1. The monoisotopic (exact) mass is 240 g/mol. The minimum Gasteiger partial charge on any atom is -0.478 e. The molecule has 1 N–H and O–H groups in total. The minimum atomic E-state index is -0.981. The highest BCUT2D eigenvalue weighted by Gasteiger charge is 2.21. The van der Waals surface area contributed by atoms with Crippen LogP contribution in [0.25, 0.3) is 0 Å². The number of rotatable bonds is 3. The fourth-order valence-electron chi connectivity index (χ4n) is 1.75. The standard InChI is InChI=1S/C10H16O2.C3H4O2/c1-8(10(11)12-2)9-6-4-3-5-7-9;1-2-3(4)5/h9H,1,3-7H2,2H3;2H,1H2,(H,4,5). The Morgan fingerprint density at radius 1 is 1.29 bits per heavy atom. The molecule has 1 fully saturated rings. The van der Waals surface area contributed by atoms with Crippen LogP contribution >= 0.6 is 0 Å². The fourth-order valence-corrected chi connectivity index (χ4v) is 1.75. The number of methoxy groups -OCH3 is 1. The predicted octanol–water partition coefficient (Wildman–Crippen LogP) is 2.55. The number of aliphatic carboxylic acids is 1. The molecule has 0 bridgehead atoms. The molecule has 1 aliphatic rings. The van der Waals surface area contributed by atoms with Gasteiger partial charge in [-0.1, -0.05) is 32.4 Å². The van der Waals surface area contributed by atoms with Crippen molar-refractivity contribution in [2.24, 2.45) is 5.92 Å². The molecule has 1 saturated carbocycles. The van der Waals surface area contributed by atoms with Gasteiger partial charge in [0.25, 0.3) is 0 Å². The number of hydrogen-bond donors (Lipinski definition) is 1. The van der Waals surface area contributed by atoms with E-state index in [9.17, 15) is 9.59 Å². The van der Waals surface area contributed by atoms with E-state index < -0.39 is 5.97 Å². The third-order valence-corrected chi connectivity index (χ3v) is 2.72. The summed E-state index contributed by atoms with van der Waals surface area (Å²) < 4.78 is 4.63. The molecule has 96 valence electrons. The van der Waals surface area contributed by atoms with Gasteiger partial charge in [0.1, 0.15) is 0 Å². The Balaban J connectivity index is 0.000000437. The molecule has 0 saturated heterocycles. The maximum absolute atomic E-state index is 11.1. The maximum atomic E-state index is 11.1. The van der Waals surface area contributed by atoms with Crippen LogP contribution in [-0.4, -0.2) is 24.2 Å². The van der Waals surface area contributed by atoms with Crippen LogP contribution in [0.15, 0.2) is 24.8 Å². The first-order valence-corrected chi connectivity index (χ1v) is 5.65. The molecule has 17 heavy (non-hydrogen) atoms. The van der Waals surface area contributed by atoms with Crippen molar-refractivity contribution in [3.05, 3.63) is 24.8 Å². The van der Waals surface area contributed by atoms with E-state index in [2.05, 4.69) is 17.9 Å². The second-order valence-electron chi connectivity index (χ2n) is 3.89. The summed E-state index contributed by atoms with van der Waals surface area (Å²) in [5, 5.41) is 7.60. The number of carbonyl (C=O) groups excluding carboxylic acids is 1. The molecule has 0 heterocycles. The highest BCUT2D eigenvalue weighted by molar-refractivity contribution is 5.88. The summed E-state index contributed by atoms with van der Waals surface area (Å²) in [4.78, 5) is 20.3. The lowest BCUT2D eigenvalue weighted by molar-refractivity contribution is -0.137. The zero-order valence-electron chi connectivity index (χ0n) is 10.3. The van der Waals surface area contributed by atoms with Gasteiger partial charge < -0.3 is 9.84 Å². The first-order chi connectivity index (χ1) is 8.02. The molecule has 0 aromatic rings. The van der Waals surface area contributed by atoms with Crippen molar-refractivity contribution >= 4 is 11.9 Å². The smallest absolute Gasteiger partial charge is 0.333 e. The highest BCUT2D eigenvalue weighted by atomic mass is 16.5. The third kappa shape index (κ3) is 6.56. The maximum Gasteiger partial charge on any atom is 0.333 e. The van der Waals surface area contributed by atoms with Crippen LogP contribution in [-0.2, 0) is 14.3 Å². The molecule has 0 aromatic carbocycles. The second kappa shape index (κ2) is 8.56. The quantitative estimate of drug-likeness (QED) is 0.608. The van der Waals surface area contributed by atoms with Crippen molar-refractivity contribution in [2.75, 3.05) is 7.11 Å². The van der Waals surface area contributed by atoms with Crippen molar-refractivity contribution in [3.8, 4) is 0 Å². The van der Waals surface area contributed by atoms with E-state index in [1.807, 2.05) is 0 Å². The van der Waals surface area contributed by atoms with E-state index in [1.54, 1.807) is 0 Å². The third-order valence-electron chi connectivity index (χ3n) is 2.72. The molecule has 4 heteroatoms. The van der Waals surface area contributed by atoms with Gasteiger partial charge in [0.2, 0.25) is 0 Å². The number of carboxylic acid groups (broad SMARTS) is 1. The number of carbonyl (C=O) groups is 2. The van der Waals surface area contributed by atoms with E-state index in [0.717, 1.165) is 18.9 Å². The molecule has 0 radical (unpaired) electrons. The summed E-state index contributed by atoms with van der Waals surface area (Å²) in [7, 11) is 1.41. The normalized spacial score (nSPS) is 15.1. The Labute approximate surface area is 102 Å². The van der Waals surface area contributed by atoms with Gasteiger partial charge in [-0.25, -0.2) is 9.59 Å². The molecular formula is C13H20O4. The molecule has 0 atom stereocenters. The van der Waals surface area contributed by atoms with Crippen LogP contribution in [0, 0.1) is 5.92 Å². The lowest BCUT2D eigenvalue weighted by Crippen LogP contribution is -2.16. The Kier molecular flexibility index (Phi) is 7.76. The lowest BCUT2D eigenvalue weighted by atomic mass is 9.84. The number of carboxylic acids is 1. The molecule has 1 rings (SSSR count). The molecule has 0 spiro atoms. The van der Waals surface area contributed by atoms with Crippen molar-refractivity contribution in [2.45, 2.75) is 32.1 Å². The van der Waals surface area contributed by atoms with E-state index in [1.165, 1.54) is 26.4 Å². The second-order valence-corrected chi connectivity index (χ2v) is 3.89. The van der Waals surface area contributed by atoms with Crippen molar-refractivity contribution < 1.29 is 19.4 Å². The Bertz CT molecular complexity index is 288. The zero-order valence-corrected chi connectivity index (χ0v) is 10.3. The fraction of sp³-hybridized carbons (Fsp3) is 0.538. The SMILES string of the molecule is C=C(C(=O)OC)C1CCCCC1.C=CC(=O)O. The van der Waals surface area contributed by atoms with Crippen molar-refractivity contribution in [3.63, 3.8) is 0 Å². The molecule has 1 aliphatic carbocycles. The Hall–Kier alpha value is -1.58. The molecular weight excluding hydrogens is 220 g/mol. The number of esters is 1. The van der Waals surface area contributed by atoms with Crippen LogP contribution < -0.4 is 0 Å². The summed E-state index contributed by atoms with van der Waals surface area (Å²) in [6.07, 6.45) is 6.79. The lowest BCUT2D eigenvalue weighted by Gasteiger charge is -2.21. The van der Waals surface area contributed by atoms with Gasteiger partial charge in [0.15, 0.2) is 0 Å². The topological polar surface area (TPSA) is 63.6 Å². The molecule has 4 nitrogen and oxygen atoms in total. The first kappa shape index (κ1) is 15.4. The van der Waals surface area contributed by atoms with Crippen LogP contribution in [0.5, 0.6) is 0 Å². The van der Waals surface area contributed by atoms with Crippen LogP contribution in [0.1, 0.15) is 32.1 Å². The van der Waals surface area contributed by atoms with E-state index >= 15 is 0 Å². The van der Waals surface area contributed by atoms with Gasteiger partial charge in [-0.15, -0.1) is 0 Å².